The Labute approximate surface area is 195 Å². The number of ketones is 1. The monoisotopic (exact) mass is 464 g/mol. The fraction of sp³-hybridized carbons (Fsp3) is 0.280. The maximum Gasteiger partial charge on any atom is 0.347 e. The first-order chi connectivity index (χ1) is 15.9. The molecule has 2 aromatic carbocycles. The molecule has 2 N–H and O–H groups in total. The van der Waals surface area contributed by atoms with Crippen LogP contribution in [-0.2, 0) is 22.4 Å². The van der Waals surface area contributed by atoms with Crippen LogP contribution in [0.2, 0.25) is 0 Å². The lowest BCUT2D eigenvalue weighted by Crippen LogP contribution is -2.35. The molecule has 1 aliphatic heterocycles. The summed E-state index contributed by atoms with van der Waals surface area (Å²) in [5.41, 5.74) is 2.41. The van der Waals surface area contributed by atoms with Gasteiger partial charge in [0.25, 0.3) is 0 Å². The molecule has 170 valence electrons. The van der Waals surface area contributed by atoms with Gasteiger partial charge in [-0.05, 0) is 42.5 Å². The summed E-state index contributed by atoms with van der Waals surface area (Å²) in [6.07, 6.45) is 2.68. The van der Waals surface area contributed by atoms with Crippen LogP contribution in [0.4, 0.5) is 5.69 Å². The fourth-order valence-corrected chi connectivity index (χ4v) is 4.87. The number of carbonyl (C=O) groups is 3. The van der Waals surface area contributed by atoms with Crippen LogP contribution < -0.4 is 4.90 Å². The summed E-state index contributed by atoms with van der Waals surface area (Å²) in [7, 11) is 0. The molecule has 1 aliphatic rings. The molecule has 0 spiro atoms. The standard InChI is InChI=1S/C25H24N2O5S/c28-20(13-16-5-2-1-3-6-16)17-9-11-18(12-10-17)27-19(21(29)14-24(27)30)7-4-8-23-26-15-22(33-23)25(31)32/h1-3,5-6,9-12,15,19-20,28H,4,7-8,13-14H2,(H,31,32). The zero-order chi connectivity index (χ0) is 23.4. The molecular weight excluding hydrogens is 440 g/mol. The van der Waals surface area contributed by atoms with E-state index in [0.29, 0.717) is 36.4 Å². The second-order valence-electron chi connectivity index (χ2n) is 8.04. The summed E-state index contributed by atoms with van der Waals surface area (Å²) in [5, 5.41) is 20.3. The highest BCUT2D eigenvalue weighted by Gasteiger charge is 2.38. The van der Waals surface area contributed by atoms with Crippen LogP contribution in [-0.4, -0.2) is 38.9 Å². The van der Waals surface area contributed by atoms with Gasteiger partial charge in [0.05, 0.1) is 29.8 Å². The zero-order valence-electron chi connectivity index (χ0n) is 17.9. The van der Waals surface area contributed by atoms with Crippen LogP contribution in [0.5, 0.6) is 0 Å². The molecule has 0 saturated carbocycles. The van der Waals surface area contributed by atoms with E-state index in [1.807, 2.05) is 30.3 Å². The molecule has 0 bridgehead atoms. The molecule has 0 aliphatic carbocycles. The van der Waals surface area contributed by atoms with E-state index in [-0.39, 0.29) is 23.0 Å². The number of thiazole rings is 1. The van der Waals surface area contributed by atoms with Crippen molar-refractivity contribution in [1.82, 2.24) is 4.98 Å². The molecule has 1 saturated heterocycles. The predicted molar refractivity (Wildman–Crippen MR) is 124 cm³/mol. The third-order valence-corrected chi connectivity index (χ3v) is 6.78. The van der Waals surface area contributed by atoms with E-state index in [1.165, 1.54) is 6.20 Å². The maximum absolute atomic E-state index is 12.5. The predicted octanol–water partition coefficient (Wildman–Crippen LogP) is 3.81. The molecule has 4 rings (SSSR count). The molecule has 1 amide bonds. The van der Waals surface area contributed by atoms with Crippen molar-refractivity contribution in [2.24, 2.45) is 0 Å². The van der Waals surface area contributed by atoms with Gasteiger partial charge in [0.2, 0.25) is 5.91 Å². The summed E-state index contributed by atoms with van der Waals surface area (Å²) in [6.45, 7) is 0. The van der Waals surface area contributed by atoms with E-state index in [1.54, 1.807) is 29.2 Å². The Bertz CT molecular complexity index is 1140. The number of carboxylic acids is 1. The highest BCUT2D eigenvalue weighted by Crippen LogP contribution is 2.29. The number of carboxylic acid groups (broad SMARTS) is 1. The van der Waals surface area contributed by atoms with Crippen molar-refractivity contribution in [3.05, 3.63) is 81.8 Å². The van der Waals surface area contributed by atoms with Crippen molar-refractivity contribution < 1.29 is 24.6 Å². The number of benzene rings is 2. The number of anilines is 1. The number of Topliss-reactive ketones (excluding diaryl/α,β-unsaturated/α-hetero) is 1. The third-order valence-electron chi connectivity index (χ3n) is 5.74. The van der Waals surface area contributed by atoms with Crippen LogP contribution in [0.15, 0.2) is 60.8 Å². The van der Waals surface area contributed by atoms with Gasteiger partial charge in [-0.3, -0.25) is 9.59 Å². The number of aromatic nitrogens is 1. The number of aliphatic hydroxyl groups excluding tert-OH is 1. The number of aryl methyl sites for hydroxylation is 1. The van der Waals surface area contributed by atoms with Gasteiger partial charge in [0.15, 0.2) is 5.78 Å². The van der Waals surface area contributed by atoms with Crippen LogP contribution in [0.3, 0.4) is 0 Å². The lowest BCUT2D eigenvalue weighted by molar-refractivity contribution is -0.121. The lowest BCUT2D eigenvalue weighted by atomic mass is 10.0. The first kappa shape index (κ1) is 22.8. The molecule has 0 radical (unpaired) electrons. The maximum atomic E-state index is 12.5. The first-order valence-electron chi connectivity index (χ1n) is 10.8. The number of rotatable bonds is 9. The van der Waals surface area contributed by atoms with Gasteiger partial charge in [0.1, 0.15) is 4.88 Å². The Hall–Kier alpha value is -3.36. The summed E-state index contributed by atoms with van der Waals surface area (Å²) < 4.78 is 0. The minimum absolute atomic E-state index is 0.112. The van der Waals surface area contributed by atoms with Crippen LogP contribution in [0.1, 0.15) is 51.2 Å². The van der Waals surface area contributed by atoms with Crippen molar-refractivity contribution in [1.29, 1.82) is 0 Å². The largest absolute Gasteiger partial charge is 0.477 e. The number of nitrogens with zero attached hydrogens (tertiary/aromatic N) is 2. The Morgan fingerprint density at radius 3 is 2.52 bits per heavy atom. The highest BCUT2D eigenvalue weighted by molar-refractivity contribution is 7.13. The van der Waals surface area contributed by atoms with Gasteiger partial charge in [-0.1, -0.05) is 42.5 Å². The molecule has 7 nitrogen and oxygen atoms in total. The van der Waals surface area contributed by atoms with Gasteiger partial charge in [-0.25, -0.2) is 9.78 Å². The van der Waals surface area contributed by atoms with Crippen molar-refractivity contribution in [2.75, 3.05) is 4.90 Å². The summed E-state index contributed by atoms with van der Waals surface area (Å²) in [5.74, 6) is -1.35. The number of hydrogen-bond acceptors (Lipinski definition) is 6. The number of aliphatic hydroxyl groups is 1. The zero-order valence-corrected chi connectivity index (χ0v) is 18.7. The van der Waals surface area contributed by atoms with E-state index < -0.39 is 18.1 Å². The number of amides is 1. The molecule has 8 heteroatoms. The molecule has 33 heavy (non-hydrogen) atoms. The van der Waals surface area contributed by atoms with Gasteiger partial charge < -0.3 is 15.1 Å². The number of hydrogen-bond donors (Lipinski definition) is 2. The second kappa shape index (κ2) is 10.1. The lowest BCUT2D eigenvalue weighted by Gasteiger charge is -2.24. The van der Waals surface area contributed by atoms with Crippen molar-refractivity contribution >= 4 is 34.7 Å². The molecule has 1 fully saturated rings. The molecule has 2 atom stereocenters. The SMILES string of the molecule is O=C(O)c1cnc(CCCC2C(=O)CC(=O)N2c2ccc(C(O)Cc3ccccc3)cc2)s1. The Morgan fingerprint density at radius 1 is 1.12 bits per heavy atom. The number of aromatic carboxylic acids is 1. The van der Waals surface area contributed by atoms with Gasteiger partial charge in [-0.2, -0.15) is 0 Å². The molecular formula is C25H24N2O5S. The quantitative estimate of drug-likeness (QED) is 0.466. The summed E-state index contributed by atoms with van der Waals surface area (Å²) >= 11 is 1.13. The van der Waals surface area contributed by atoms with Gasteiger partial charge in [-0.15, -0.1) is 11.3 Å². The van der Waals surface area contributed by atoms with Crippen molar-refractivity contribution in [2.45, 2.75) is 44.2 Å². The normalized spacial score (nSPS) is 16.9. The van der Waals surface area contributed by atoms with Crippen molar-refractivity contribution in [3.8, 4) is 0 Å². The fourth-order valence-electron chi connectivity index (χ4n) is 4.07. The summed E-state index contributed by atoms with van der Waals surface area (Å²) in [6, 6.07) is 16.3. The van der Waals surface area contributed by atoms with Gasteiger partial charge >= 0.3 is 5.97 Å². The highest BCUT2D eigenvalue weighted by atomic mass is 32.1. The van der Waals surface area contributed by atoms with Crippen LogP contribution in [0.25, 0.3) is 0 Å². The molecule has 3 aromatic rings. The minimum atomic E-state index is -1.00. The molecule has 2 heterocycles. The Kier molecular flexibility index (Phi) is 6.96. The first-order valence-corrected chi connectivity index (χ1v) is 11.6. The average Bonchev–Trinajstić information content (AvgIpc) is 3.39. The smallest absolute Gasteiger partial charge is 0.347 e. The average molecular weight is 465 g/mol. The minimum Gasteiger partial charge on any atom is -0.477 e. The van der Waals surface area contributed by atoms with Gasteiger partial charge in [0, 0.05) is 12.1 Å². The van der Waals surface area contributed by atoms with Crippen molar-refractivity contribution in [3.63, 3.8) is 0 Å². The van der Waals surface area contributed by atoms with E-state index >= 15 is 0 Å². The van der Waals surface area contributed by atoms with Crippen LogP contribution >= 0.6 is 11.3 Å². The molecule has 2 unspecified atom stereocenters. The van der Waals surface area contributed by atoms with E-state index in [9.17, 15) is 19.5 Å². The third kappa shape index (κ3) is 5.35. The topological polar surface area (TPSA) is 108 Å². The number of carbonyl (C=O) groups excluding carboxylic acids is 2. The summed E-state index contributed by atoms with van der Waals surface area (Å²) in [4.78, 5) is 41.9. The van der Waals surface area contributed by atoms with Crippen LogP contribution in [0, 0.1) is 0 Å². The molecule has 1 aromatic heterocycles. The second-order valence-corrected chi connectivity index (χ2v) is 9.15. The Morgan fingerprint density at radius 2 is 1.85 bits per heavy atom. The van der Waals surface area contributed by atoms with E-state index in [2.05, 4.69) is 4.98 Å². The van der Waals surface area contributed by atoms with E-state index in [0.717, 1.165) is 22.5 Å². The Balaban J connectivity index is 1.40. The van der Waals surface area contributed by atoms with E-state index in [4.69, 9.17) is 5.11 Å².